The number of ether oxygens (including phenoxy) is 2. The van der Waals surface area contributed by atoms with Crippen LogP contribution < -0.4 is 14.9 Å². The number of amides is 1. The lowest BCUT2D eigenvalue weighted by atomic mass is 10.1. The smallest absolute Gasteiger partial charge is 0.277 e. The Balaban J connectivity index is 1.91. The molecule has 0 spiro atoms. The first kappa shape index (κ1) is 18.5. The fraction of sp³-hybridized carbons (Fsp3) is 0.176. The standard InChI is InChI=1S/C17H16Br2N2O3/c1-11(12-3-5-13(18)6-4-12)20-21-17(22)10-24-15-8-7-14(19)9-16(15)23-2/h3-9H,10H2,1-2H3,(H,21,22). The molecule has 0 bridgehead atoms. The Labute approximate surface area is 157 Å². The van der Waals surface area contributed by atoms with Gasteiger partial charge in [-0.2, -0.15) is 5.10 Å². The number of benzene rings is 2. The molecule has 0 fully saturated rings. The molecule has 0 saturated carbocycles. The predicted molar refractivity (Wildman–Crippen MR) is 101 cm³/mol. The number of carbonyl (C=O) groups is 1. The van der Waals surface area contributed by atoms with Crippen LogP contribution in [0, 0.1) is 0 Å². The third-order valence-electron chi connectivity index (χ3n) is 3.09. The topological polar surface area (TPSA) is 59.9 Å². The zero-order valence-electron chi connectivity index (χ0n) is 13.2. The maximum atomic E-state index is 11.9. The van der Waals surface area contributed by atoms with E-state index in [0.717, 1.165) is 14.5 Å². The highest BCUT2D eigenvalue weighted by molar-refractivity contribution is 9.10. The quantitative estimate of drug-likeness (QED) is 0.526. The molecule has 0 aliphatic carbocycles. The van der Waals surface area contributed by atoms with Gasteiger partial charge in [0.25, 0.3) is 5.91 Å². The van der Waals surface area contributed by atoms with Gasteiger partial charge in [-0.15, -0.1) is 0 Å². The van der Waals surface area contributed by atoms with Crippen molar-refractivity contribution in [2.24, 2.45) is 5.10 Å². The number of halogens is 2. The average Bonchev–Trinajstić information content (AvgIpc) is 2.59. The number of methoxy groups -OCH3 is 1. The first-order valence-electron chi connectivity index (χ1n) is 7.05. The van der Waals surface area contributed by atoms with Gasteiger partial charge in [0.15, 0.2) is 18.1 Å². The van der Waals surface area contributed by atoms with Crippen LogP contribution in [0.15, 0.2) is 56.5 Å². The fourth-order valence-electron chi connectivity index (χ4n) is 1.84. The van der Waals surface area contributed by atoms with Crippen LogP contribution in [0.1, 0.15) is 12.5 Å². The van der Waals surface area contributed by atoms with Crippen LogP contribution in [0.5, 0.6) is 11.5 Å². The monoisotopic (exact) mass is 454 g/mol. The third kappa shape index (κ3) is 5.35. The van der Waals surface area contributed by atoms with Crippen molar-refractivity contribution in [2.75, 3.05) is 13.7 Å². The van der Waals surface area contributed by atoms with Crippen LogP contribution >= 0.6 is 31.9 Å². The largest absolute Gasteiger partial charge is 0.493 e. The molecule has 0 unspecified atom stereocenters. The van der Waals surface area contributed by atoms with Gasteiger partial charge in [0.05, 0.1) is 12.8 Å². The van der Waals surface area contributed by atoms with Gasteiger partial charge in [0.1, 0.15) is 0 Å². The minimum Gasteiger partial charge on any atom is -0.493 e. The molecule has 0 heterocycles. The predicted octanol–water partition coefficient (Wildman–Crippen LogP) is 4.14. The summed E-state index contributed by atoms with van der Waals surface area (Å²) in [5.41, 5.74) is 4.11. The van der Waals surface area contributed by atoms with Gasteiger partial charge in [-0.25, -0.2) is 5.43 Å². The van der Waals surface area contributed by atoms with E-state index in [1.165, 1.54) is 0 Å². The zero-order valence-corrected chi connectivity index (χ0v) is 16.3. The van der Waals surface area contributed by atoms with Gasteiger partial charge in [-0.1, -0.05) is 44.0 Å². The molecular weight excluding hydrogens is 440 g/mol. The molecule has 0 aliphatic rings. The van der Waals surface area contributed by atoms with Gasteiger partial charge in [0.2, 0.25) is 0 Å². The second kappa shape index (κ2) is 8.84. The summed E-state index contributed by atoms with van der Waals surface area (Å²) in [6.45, 7) is 1.66. The number of nitrogens with one attached hydrogen (secondary N) is 1. The van der Waals surface area contributed by atoms with E-state index >= 15 is 0 Å². The molecular formula is C17H16Br2N2O3. The summed E-state index contributed by atoms with van der Waals surface area (Å²) in [7, 11) is 1.54. The molecule has 0 atom stereocenters. The van der Waals surface area contributed by atoms with Crippen molar-refractivity contribution in [3.8, 4) is 11.5 Å². The molecule has 126 valence electrons. The van der Waals surface area contributed by atoms with Crippen molar-refractivity contribution in [1.82, 2.24) is 5.43 Å². The molecule has 7 heteroatoms. The van der Waals surface area contributed by atoms with Crippen molar-refractivity contribution in [1.29, 1.82) is 0 Å². The minimum absolute atomic E-state index is 0.158. The summed E-state index contributed by atoms with van der Waals surface area (Å²) in [4.78, 5) is 11.9. The number of hydrogen-bond acceptors (Lipinski definition) is 4. The summed E-state index contributed by atoms with van der Waals surface area (Å²) >= 11 is 6.73. The Bertz CT molecular complexity index is 746. The molecule has 0 saturated heterocycles. The summed E-state index contributed by atoms with van der Waals surface area (Å²) in [6.07, 6.45) is 0. The first-order valence-corrected chi connectivity index (χ1v) is 8.63. The number of carbonyl (C=O) groups excluding carboxylic acids is 1. The van der Waals surface area contributed by atoms with Crippen molar-refractivity contribution in [3.63, 3.8) is 0 Å². The second-order valence-corrected chi connectivity index (χ2v) is 6.65. The third-order valence-corrected chi connectivity index (χ3v) is 4.12. The molecule has 0 radical (unpaired) electrons. The Hall–Kier alpha value is -1.86. The van der Waals surface area contributed by atoms with Crippen LogP contribution in [-0.4, -0.2) is 25.3 Å². The lowest BCUT2D eigenvalue weighted by Gasteiger charge is -2.10. The average molecular weight is 456 g/mol. The van der Waals surface area contributed by atoms with Crippen LogP contribution in [0.4, 0.5) is 0 Å². The molecule has 2 aromatic carbocycles. The highest BCUT2D eigenvalue weighted by atomic mass is 79.9. The molecule has 0 aromatic heterocycles. The molecule has 0 aliphatic heterocycles. The normalized spacial score (nSPS) is 11.1. The fourth-order valence-corrected chi connectivity index (χ4v) is 2.44. The number of rotatable bonds is 6. The molecule has 5 nitrogen and oxygen atoms in total. The Kier molecular flexibility index (Phi) is 6.81. The van der Waals surface area contributed by atoms with E-state index in [2.05, 4.69) is 42.4 Å². The number of nitrogens with zero attached hydrogens (tertiary/aromatic N) is 1. The maximum absolute atomic E-state index is 11.9. The molecule has 2 aromatic rings. The Morgan fingerprint density at radius 3 is 2.42 bits per heavy atom. The molecule has 1 N–H and O–H groups in total. The highest BCUT2D eigenvalue weighted by Gasteiger charge is 2.08. The van der Waals surface area contributed by atoms with Crippen molar-refractivity contribution < 1.29 is 14.3 Å². The Morgan fingerprint density at radius 2 is 1.75 bits per heavy atom. The lowest BCUT2D eigenvalue weighted by Crippen LogP contribution is -2.25. The van der Waals surface area contributed by atoms with Gasteiger partial charge in [-0.05, 0) is 42.8 Å². The van der Waals surface area contributed by atoms with E-state index in [9.17, 15) is 4.79 Å². The van der Waals surface area contributed by atoms with Crippen LogP contribution in [0.25, 0.3) is 0 Å². The molecule has 24 heavy (non-hydrogen) atoms. The number of hydrogen-bond donors (Lipinski definition) is 1. The van der Waals surface area contributed by atoms with E-state index in [1.54, 1.807) is 19.2 Å². The number of hydrazone groups is 1. The maximum Gasteiger partial charge on any atom is 0.277 e. The van der Waals surface area contributed by atoms with Gasteiger partial charge < -0.3 is 9.47 Å². The SMILES string of the molecule is COc1cc(Br)ccc1OCC(=O)NN=C(C)c1ccc(Br)cc1. The van der Waals surface area contributed by atoms with Crippen LogP contribution in [0.2, 0.25) is 0 Å². The Morgan fingerprint density at radius 1 is 1.08 bits per heavy atom. The van der Waals surface area contributed by atoms with Crippen LogP contribution in [0.3, 0.4) is 0 Å². The molecule has 1 amide bonds. The first-order chi connectivity index (χ1) is 11.5. The molecule has 2 rings (SSSR count). The van der Waals surface area contributed by atoms with Crippen molar-refractivity contribution >= 4 is 43.5 Å². The summed E-state index contributed by atoms with van der Waals surface area (Å²) in [5, 5.41) is 4.08. The highest BCUT2D eigenvalue weighted by Crippen LogP contribution is 2.30. The summed E-state index contributed by atoms with van der Waals surface area (Å²) in [6, 6.07) is 13.0. The van der Waals surface area contributed by atoms with E-state index in [1.807, 2.05) is 37.3 Å². The van der Waals surface area contributed by atoms with Crippen molar-refractivity contribution in [2.45, 2.75) is 6.92 Å². The van der Waals surface area contributed by atoms with E-state index in [0.29, 0.717) is 17.2 Å². The van der Waals surface area contributed by atoms with Gasteiger partial charge >= 0.3 is 0 Å². The lowest BCUT2D eigenvalue weighted by molar-refractivity contribution is -0.123. The van der Waals surface area contributed by atoms with Crippen molar-refractivity contribution in [3.05, 3.63) is 57.0 Å². The van der Waals surface area contributed by atoms with Crippen LogP contribution in [-0.2, 0) is 4.79 Å². The van der Waals surface area contributed by atoms with E-state index in [4.69, 9.17) is 9.47 Å². The second-order valence-electron chi connectivity index (χ2n) is 4.82. The van der Waals surface area contributed by atoms with Gasteiger partial charge in [-0.3, -0.25) is 4.79 Å². The zero-order chi connectivity index (χ0) is 17.5. The minimum atomic E-state index is -0.351. The summed E-state index contributed by atoms with van der Waals surface area (Å²) in [5.74, 6) is 0.688. The van der Waals surface area contributed by atoms with Gasteiger partial charge in [0, 0.05) is 8.95 Å². The van der Waals surface area contributed by atoms with E-state index in [-0.39, 0.29) is 12.5 Å². The van der Waals surface area contributed by atoms with E-state index < -0.39 is 0 Å². The summed E-state index contributed by atoms with van der Waals surface area (Å²) < 4.78 is 12.5.